The summed E-state index contributed by atoms with van der Waals surface area (Å²) in [5.74, 6) is 0.0607. The number of likely N-dealkylation sites (tertiary alicyclic amines) is 1. The molecule has 0 radical (unpaired) electrons. The minimum absolute atomic E-state index is 0.0815. The largest absolute Gasteiger partial charge is 0.508 e. The lowest BCUT2D eigenvalue weighted by atomic mass is 9.85. The monoisotopic (exact) mass is 345 g/mol. The van der Waals surface area contributed by atoms with E-state index in [4.69, 9.17) is 34.7 Å². The highest BCUT2D eigenvalue weighted by molar-refractivity contribution is 6.42. The van der Waals surface area contributed by atoms with E-state index in [-0.39, 0.29) is 23.6 Å². The van der Waals surface area contributed by atoms with Crippen LogP contribution >= 0.6 is 23.2 Å². The standard InChI is InChI=1S/C15H21Cl2N3O2/c16-11-7-10(13(21)8-12(11)17)15(19)9-1-4-20(5-2-9)6-3-14(18)22/h7-9,15,21H,1-6,19H2,(H2,18,22). The minimum Gasteiger partial charge on any atom is -0.508 e. The Labute approximate surface area is 140 Å². The predicted octanol–water partition coefficient (Wildman–Crippen LogP) is 2.29. The van der Waals surface area contributed by atoms with E-state index in [0.717, 1.165) is 25.9 Å². The summed E-state index contributed by atoms with van der Waals surface area (Å²) in [5.41, 5.74) is 12.1. The van der Waals surface area contributed by atoms with Crippen LogP contribution in [0.4, 0.5) is 0 Å². The molecule has 0 aromatic heterocycles. The fourth-order valence-electron chi connectivity index (χ4n) is 2.88. The van der Waals surface area contributed by atoms with Gasteiger partial charge in [-0.3, -0.25) is 4.79 Å². The number of hydrogen-bond acceptors (Lipinski definition) is 4. The molecule has 0 saturated carbocycles. The first-order valence-corrected chi connectivity index (χ1v) is 8.08. The molecule has 7 heteroatoms. The lowest BCUT2D eigenvalue weighted by molar-refractivity contribution is -0.118. The van der Waals surface area contributed by atoms with Crippen molar-refractivity contribution in [3.8, 4) is 5.75 Å². The number of phenolic OH excluding ortho intramolecular Hbond substituents is 1. The van der Waals surface area contributed by atoms with Gasteiger partial charge in [0.05, 0.1) is 10.0 Å². The average molecular weight is 346 g/mol. The first kappa shape index (κ1) is 17.3. The lowest BCUT2D eigenvalue weighted by Crippen LogP contribution is -2.38. The molecule has 1 fully saturated rings. The molecular weight excluding hydrogens is 325 g/mol. The lowest BCUT2D eigenvalue weighted by Gasteiger charge is -2.35. The van der Waals surface area contributed by atoms with E-state index in [2.05, 4.69) is 4.90 Å². The van der Waals surface area contributed by atoms with Gasteiger partial charge in [-0.25, -0.2) is 0 Å². The Morgan fingerprint density at radius 1 is 1.32 bits per heavy atom. The second kappa shape index (κ2) is 7.51. The maximum atomic E-state index is 10.8. The molecule has 22 heavy (non-hydrogen) atoms. The summed E-state index contributed by atoms with van der Waals surface area (Å²) in [6, 6.07) is 2.79. The summed E-state index contributed by atoms with van der Waals surface area (Å²) in [7, 11) is 0. The van der Waals surface area contributed by atoms with E-state index in [1.165, 1.54) is 6.07 Å². The van der Waals surface area contributed by atoms with Gasteiger partial charge in [-0.2, -0.15) is 0 Å². The molecule has 1 aromatic rings. The van der Waals surface area contributed by atoms with Gasteiger partial charge in [-0.15, -0.1) is 0 Å². The number of halogens is 2. The molecule has 1 atom stereocenters. The molecule has 2 rings (SSSR count). The van der Waals surface area contributed by atoms with Crippen molar-refractivity contribution in [1.82, 2.24) is 4.90 Å². The van der Waals surface area contributed by atoms with Crippen LogP contribution in [0.15, 0.2) is 12.1 Å². The molecular formula is C15H21Cl2N3O2. The molecule has 1 aromatic carbocycles. The first-order valence-electron chi connectivity index (χ1n) is 7.32. The summed E-state index contributed by atoms with van der Waals surface area (Å²) in [5, 5.41) is 10.7. The number of piperidine rings is 1. The Morgan fingerprint density at radius 3 is 2.50 bits per heavy atom. The van der Waals surface area contributed by atoms with E-state index in [0.29, 0.717) is 28.6 Å². The summed E-state index contributed by atoms with van der Waals surface area (Å²) in [4.78, 5) is 13.0. The van der Waals surface area contributed by atoms with Crippen molar-refractivity contribution in [2.24, 2.45) is 17.4 Å². The van der Waals surface area contributed by atoms with Gasteiger partial charge in [-0.1, -0.05) is 23.2 Å². The molecule has 122 valence electrons. The van der Waals surface area contributed by atoms with Crippen molar-refractivity contribution in [2.45, 2.75) is 25.3 Å². The first-order chi connectivity index (χ1) is 10.4. The smallest absolute Gasteiger partial charge is 0.218 e. The van der Waals surface area contributed by atoms with Gasteiger partial charge in [0.2, 0.25) is 5.91 Å². The second-order valence-corrected chi connectivity index (χ2v) is 6.56. The third-order valence-corrected chi connectivity index (χ3v) is 4.97. The predicted molar refractivity (Wildman–Crippen MR) is 88.0 cm³/mol. The summed E-state index contributed by atoms with van der Waals surface area (Å²) >= 11 is 11.9. The number of nitrogens with two attached hydrogens (primary N) is 2. The number of nitrogens with zero attached hydrogens (tertiary/aromatic N) is 1. The third kappa shape index (κ3) is 4.26. The van der Waals surface area contributed by atoms with E-state index in [1.807, 2.05) is 0 Å². The topological polar surface area (TPSA) is 92.6 Å². The maximum absolute atomic E-state index is 10.8. The Balaban J connectivity index is 1.96. The number of phenols is 1. The van der Waals surface area contributed by atoms with E-state index < -0.39 is 0 Å². The van der Waals surface area contributed by atoms with Crippen molar-refractivity contribution in [3.63, 3.8) is 0 Å². The molecule has 5 N–H and O–H groups in total. The van der Waals surface area contributed by atoms with Crippen molar-refractivity contribution in [3.05, 3.63) is 27.7 Å². The number of carbonyl (C=O) groups excluding carboxylic acids is 1. The van der Waals surface area contributed by atoms with Gasteiger partial charge < -0.3 is 21.5 Å². The zero-order chi connectivity index (χ0) is 16.3. The van der Waals surface area contributed by atoms with Crippen LogP contribution in [0.1, 0.15) is 30.9 Å². The number of rotatable bonds is 5. The number of amides is 1. The zero-order valence-corrected chi connectivity index (χ0v) is 13.8. The summed E-state index contributed by atoms with van der Waals surface area (Å²) < 4.78 is 0. The van der Waals surface area contributed by atoms with Gasteiger partial charge in [0.25, 0.3) is 0 Å². The quantitative estimate of drug-likeness (QED) is 0.763. The van der Waals surface area contributed by atoms with Crippen molar-refractivity contribution < 1.29 is 9.90 Å². The van der Waals surface area contributed by atoms with Crippen LogP contribution in [-0.2, 0) is 4.79 Å². The van der Waals surface area contributed by atoms with Gasteiger partial charge in [0, 0.05) is 30.6 Å². The molecule has 1 aliphatic rings. The minimum atomic E-state index is -0.284. The SMILES string of the molecule is NC(=O)CCN1CCC(C(N)c2cc(Cl)c(Cl)cc2O)CC1. The summed E-state index contributed by atoms with van der Waals surface area (Å²) in [6.07, 6.45) is 2.18. The number of primary amides is 1. The van der Waals surface area contributed by atoms with Crippen molar-refractivity contribution >= 4 is 29.1 Å². The molecule has 0 aliphatic carbocycles. The van der Waals surface area contributed by atoms with Gasteiger partial charge >= 0.3 is 0 Å². The Kier molecular flexibility index (Phi) is 5.92. The highest BCUT2D eigenvalue weighted by Gasteiger charge is 2.27. The highest BCUT2D eigenvalue weighted by Crippen LogP contribution is 2.37. The Bertz CT molecular complexity index is 546. The molecule has 1 amide bonds. The fourth-order valence-corrected chi connectivity index (χ4v) is 3.21. The van der Waals surface area contributed by atoms with Gasteiger partial charge in [0.1, 0.15) is 5.75 Å². The van der Waals surface area contributed by atoms with Crippen molar-refractivity contribution in [2.75, 3.05) is 19.6 Å². The molecule has 0 spiro atoms. The van der Waals surface area contributed by atoms with Crippen LogP contribution in [0, 0.1) is 5.92 Å². The molecule has 1 saturated heterocycles. The van der Waals surface area contributed by atoms with Crippen LogP contribution in [-0.4, -0.2) is 35.5 Å². The van der Waals surface area contributed by atoms with Crippen LogP contribution in [0.25, 0.3) is 0 Å². The molecule has 1 aliphatic heterocycles. The molecule has 1 unspecified atom stereocenters. The van der Waals surface area contributed by atoms with E-state index in [1.54, 1.807) is 6.07 Å². The third-order valence-electron chi connectivity index (χ3n) is 4.24. The molecule has 1 heterocycles. The van der Waals surface area contributed by atoms with E-state index >= 15 is 0 Å². The van der Waals surface area contributed by atoms with E-state index in [9.17, 15) is 9.90 Å². The van der Waals surface area contributed by atoms with Gasteiger partial charge in [0.15, 0.2) is 0 Å². The van der Waals surface area contributed by atoms with Crippen LogP contribution < -0.4 is 11.5 Å². The van der Waals surface area contributed by atoms with Gasteiger partial charge in [-0.05, 0) is 37.9 Å². The van der Waals surface area contributed by atoms with Crippen LogP contribution in [0.2, 0.25) is 10.0 Å². The average Bonchev–Trinajstić information content (AvgIpc) is 2.48. The second-order valence-electron chi connectivity index (χ2n) is 5.75. The summed E-state index contributed by atoms with van der Waals surface area (Å²) in [6.45, 7) is 2.43. The van der Waals surface area contributed by atoms with Crippen LogP contribution in [0.3, 0.4) is 0 Å². The maximum Gasteiger partial charge on any atom is 0.218 e. The Morgan fingerprint density at radius 2 is 1.91 bits per heavy atom. The number of aromatic hydroxyl groups is 1. The zero-order valence-electron chi connectivity index (χ0n) is 12.3. The fraction of sp³-hybridized carbons (Fsp3) is 0.533. The number of hydrogen-bond donors (Lipinski definition) is 3. The highest BCUT2D eigenvalue weighted by atomic mass is 35.5. The van der Waals surface area contributed by atoms with Crippen molar-refractivity contribution in [1.29, 1.82) is 0 Å². The molecule has 5 nitrogen and oxygen atoms in total. The Hall–Kier alpha value is -1.01. The molecule has 0 bridgehead atoms. The number of benzene rings is 1. The number of carbonyl (C=O) groups is 1. The van der Waals surface area contributed by atoms with Crippen LogP contribution in [0.5, 0.6) is 5.75 Å². The normalized spacial score (nSPS) is 18.3.